The Morgan fingerprint density at radius 1 is 1.31 bits per heavy atom. The zero-order valence-corrected chi connectivity index (χ0v) is 8.90. The largest absolute Gasteiger partial charge is 0.382 e. The van der Waals surface area contributed by atoms with Crippen molar-refractivity contribution in [3.8, 4) is 0 Å². The van der Waals surface area contributed by atoms with E-state index < -0.39 is 0 Å². The second kappa shape index (κ2) is 3.36. The fourth-order valence-electron chi connectivity index (χ4n) is 2.48. The summed E-state index contributed by atoms with van der Waals surface area (Å²) in [4.78, 5) is 0. The van der Waals surface area contributed by atoms with Gasteiger partial charge in [0.2, 0.25) is 0 Å². The first-order valence-corrected chi connectivity index (χ1v) is 5.66. The summed E-state index contributed by atoms with van der Waals surface area (Å²) in [5, 5.41) is 3.36. The highest BCUT2D eigenvalue weighted by Gasteiger charge is 2.30. The lowest BCUT2D eigenvalue weighted by atomic mass is 9.78. The van der Waals surface area contributed by atoms with Crippen molar-refractivity contribution >= 4 is 0 Å². The fourth-order valence-corrected chi connectivity index (χ4v) is 2.48. The van der Waals surface area contributed by atoms with Crippen LogP contribution in [0, 0.1) is 5.92 Å². The molecule has 0 aromatic carbocycles. The molecular weight excluding hydrogens is 158 g/mol. The second-order valence-corrected chi connectivity index (χ2v) is 5.15. The molecule has 1 N–H and O–H groups in total. The fraction of sp³-hybridized carbons (Fsp3) is 0.833. The number of hydrogen-bond donors (Lipinski definition) is 1. The van der Waals surface area contributed by atoms with Crippen LogP contribution in [0.1, 0.15) is 52.4 Å². The summed E-state index contributed by atoms with van der Waals surface area (Å²) >= 11 is 0. The Labute approximate surface area is 81.6 Å². The van der Waals surface area contributed by atoms with E-state index in [0.29, 0.717) is 5.54 Å². The van der Waals surface area contributed by atoms with Crippen molar-refractivity contribution in [2.75, 3.05) is 0 Å². The van der Waals surface area contributed by atoms with Gasteiger partial charge in [0.15, 0.2) is 0 Å². The second-order valence-electron chi connectivity index (χ2n) is 5.15. The minimum absolute atomic E-state index is 0.303. The Morgan fingerprint density at radius 3 is 2.46 bits per heavy atom. The first-order chi connectivity index (χ1) is 6.18. The van der Waals surface area contributed by atoms with Crippen molar-refractivity contribution in [1.82, 2.24) is 5.32 Å². The Bertz CT molecular complexity index is 209. The van der Waals surface area contributed by atoms with Crippen molar-refractivity contribution in [1.29, 1.82) is 0 Å². The van der Waals surface area contributed by atoms with Crippen LogP contribution in [-0.4, -0.2) is 5.54 Å². The van der Waals surface area contributed by atoms with E-state index >= 15 is 0 Å². The molecule has 1 aliphatic heterocycles. The van der Waals surface area contributed by atoms with Crippen molar-refractivity contribution in [3.05, 3.63) is 11.8 Å². The molecule has 0 atom stereocenters. The molecule has 1 heteroatoms. The summed E-state index contributed by atoms with van der Waals surface area (Å²) in [6.45, 7) is 4.57. The molecule has 0 bridgehead atoms. The Morgan fingerprint density at radius 2 is 2.00 bits per heavy atom. The maximum Gasteiger partial charge on any atom is 0.0540 e. The van der Waals surface area contributed by atoms with Gasteiger partial charge in [-0.25, -0.2) is 0 Å². The van der Waals surface area contributed by atoms with Gasteiger partial charge in [0.05, 0.1) is 5.54 Å². The maximum absolute atomic E-state index is 3.36. The van der Waals surface area contributed by atoms with Gasteiger partial charge in [-0.2, -0.15) is 0 Å². The predicted molar refractivity (Wildman–Crippen MR) is 56.5 cm³/mol. The van der Waals surface area contributed by atoms with E-state index in [9.17, 15) is 0 Å². The molecule has 0 saturated heterocycles. The molecule has 0 spiro atoms. The van der Waals surface area contributed by atoms with Crippen LogP contribution in [0.5, 0.6) is 0 Å². The molecule has 1 nitrogen and oxygen atoms in total. The number of hydrogen-bond acceptors (Lipinski definition) is 1. The first-order valence-electron chi connectivity index (χ1n) is 5.66. The summed E-state index contributed by atoms with van der Waals surface area (Å²) in [5.74, 6) is 0.987. The Kier molecular flexibility index (Phi) is 2.35. The zero-order valence-electron chi connectivity index (χ0n) is 8.90. The van der Waals surface area contributed by atoms with Gasteiger partial charge in [0.25, 0.3) is 0 Å². The smallest absolute Gasteiger partial charge is 0.0540 e. The van der Waals surface area contributed by atoms with Gasteiger partial charge >= 0.3 is 0 Å². The van der Waals surface area contributed by atoms with Crippen LogP contribution in [0.2, 0.25) is 0 Å². The van der Waals surface area contributed by atoms with E-state index in [2.05, 4.69) is 25.4 Å². The molecule has 0 radical (unpaired) electrons. The van der Waals surface area contributed by atoms with Crippen LogP contribution in [0.4, 0.5) is 0 Å². The summed E-state index contributed by atoms with van der Waals surface area (Å²) in [6, 6.07) is 0. The van der Waals surface area contributed by atoms with Gasteiger partial charge in [0, 0.05) is 0 Å². The molecule has 0 aromatic rings. The van der Waals surface area contributed by atoms with Gasteiger partial charge in [-0.15, -0.1) is 0 Å². The highest BCUT2D eigenvalue weighted by molar-refractivity contribution is 5.27. The lowest BCUT2D eigenvalue weighted by molar-refractivity contribution is 0.323. The topological polar surface area (TPSA) is 12.0 Å². The van der Waals surface area contributed by atoms with Gasteiger partial charge in [-0.3, -0.25) is 0 Å². The molecule has 13 heavy (non-hydrogen) atoms. The Hall–Kier alpha value is -0.460. The van der Waals surface area contributed by atoms with E-state index in [1.165, 1.54) is 38.5 Å². The average Bonchev–Trinajstić information content (AvgIpc) is 2.15. The lowest BCUT2D eigenvalue weighted by Crippen LogP contribution is -2.46. The lowest BCUT2D eigenvalue weighted by Gasteiger charge is -2.39. The van der Waals surface area contributed by atoms with Gasteiger partial charge in [-0.1, -0.05) is 32.1 Å². The van der Waals surface area contributed by atoms with E-state index in [1.807, 2.05) is 0 Å². The molecule has 2 aliphatic rings. The normalized spacial score (nSPS) is 27.4. The van der Waals surface area contributed by atoms with Crippen molar-refractivity contribution in [2.45, 2.75) is 57.9 Å². The van der Waals surface area contributed by atoms with Crippen molar-refractivity contribution in [3.63, 3.8) is 0 Å². The van der Waals surface area contributed by atoms with Crippen LogP contribution >= 0.6 is 0 Å². The summed E-state index contributed by atoms with van der Waals surface area (Å²) in [5.41, 5.74) is 1.94. The van der Waals surface area contributed by atoms with Gasteiger partial charge in [-0.05, 0) is 38.0 Å². The van der Waals surface area contributed by atoms with Crippen LogP contribution in [0.15, 0.2) is 11.8 Å². The molecule has 1 fully saturated rings. The van der Waals surface area contributed by atoms with Gasteiger partial charge in [0.1, 0.15) is 0 Å². The molecule has 0 aromatic heterocycles. The summed E-state index contributed by atoms with van der Waals surface area (Å²) in [6.07, 6.45) is 10.9. The minimum atomic E-state index is 0.303. The minimum Gasteiger partial charge on any atom is -0.382 e. The van der Waals surface area contributed by atoms with Gasteiger partial charge < -0.3 is 5.32 Å². The standard InChI is InChI=1S/C12H21N/c1-12(2)11(9-13-12)8-10-6-4-3-5-7-10/h9-10,13H,3-8H2,1-2H3. The maximum atomic E-state index is 3.36. The van der Waals surface area contributed by atoms with Crippen LogP contribution in [0.25, 0.3) is 0 Å². The monoisotopic (exact) mass is 179 g/mol. The quantitative estimate of drug-likeness (QED) is 0.686. The summed E-state index contributed by atoms with van der Waals surface area (Å²) < 4.78 is 0. The van der Waals surface area contributed by atoms with Crippen LogP contribution < -0.4 is 5.32 Å². The van der Waals surface area contributed by atoms with E-state index in [-0.39, 0.29) is 0 Å². The third kappa shape index (κ3) is 1.90. The molecule has 2 rings (SSSR count). The number of rotatable bonds is 2. The highest BCUT2D eigenvalue weighted by atomic mass is 15.0. The molecule has 1 heterocycles. The Balaban J connectivity index is 1.84. The first kappa shape index (κ1) is 9.11. The van der Waals surface area contributed by atoms with Crippen LogP contribution in [0.3, 0.4) is 0 Å². The highest BCUT2D eigenvalue weighted by Crippen LogP contribution is 2.35. The third-order valence-corrected chi connectivity index (χ3v) is 3.64. The molecule has 0 unspecified atom stereocenters. The van der Waals surface area contributed by atoms with Crippen molar-refractivity contribution < 1.29 is 0 Å². The molecule has 1 saturated carbocycles. The average molecular weight is 179 g/mol. The van der Waals surface area contributed by atoms with Crippen molar-refractivity contribution in [2.24, 2.45) is 5.92 Å². The third-order valence-electron chi connectivity index (χ3n) is 3.64. The summed E-state index contributed by atoms with van der Waals surface area (Å²) in [7, 11) is 0. The molecule has 1 aliphatic carbocycles. The SMILES string of the molecule is CC1(C)NC=C1CC1CCCCC1. The van der Waals surface area contributed by atoms with E-state index in [0.717, 1.165) is 5.92 Å². The zero-order chi connectivity index (χ0) is 9.31. The molecule has 0 amide bonds. The van der Waals surface area contributed by atoms with E-state index in [1.54, 1.807) is 5.57 Å². The molecular formula is C12H21N. The predicted octanol–water partition coefficient (Wildman–Crippen LogP) is 3.22. The van der Waals surface area contributed by atoms with Crippen LogP contribution in [-0.2, 0) is 0 Å². The number of nitrogens with one attached hydrogen (secondary N) is 1. The molecule has 74 valence electrons. The van der Waals surface area contributed by atoms with E-state index in [4.69, 9.17) is 0 Å².